The second-order valence-electron chi connectivity index (χ2n) is 6.57. The van der Waals surface area contributed by atoms with Gasteiger partial charge in [0.25, 0.3) is 0 Å². The van der Waals surface area contributed by atoms with E-state index >= 15 is 0 Å². The van der Waals surface area contributed by atoms with E-state index in [0.29, 0.717) is 12.3 Å². The first kappa shape index (κ1) is 14.6. The molecule has 2 heterocycles. The summed E-state index contributed by atoms with van der Waals surface area (Å²) in [6, 6.07) is 0. The van der Waals surface area contributed by atoms with Crippen LogP contribution in [0.3, 0.4) is 0 Å². The molecule has 21 heavy (non-hydrogen) atoms. The summed E-state index contributed by atoms with van der Waals surface area (Å²) < 4.78 is 2.38. The Kier molecular flexibility index (Phi) is 4.58. The molecule has 0 spiro atoms. The number of hydrogen-bond donors (Lipinski definition) is 1. The largest absolute Gasteiger partial charge is 0.370 e. The van der Waals surface area contributed by atoms with Gasteiger partial charge < -0.3 is 15.2 Å². The van der Waals surface area contributed by atoms with Crippen molar-refractivity contribution in [1.82, 2.24) is 14.5 Å². The van der Waals surface area contributed by atoms with E-state index in [4.69, 9.17) is 5.73 Å². The fraction of sp³-hybridized carbons (Fsp3) is 0.750. The van der Waals surface area contributed by atoms with Crippen LogP contribution in [-0.2, 0) is 11.3 Å². The van der Waals surface area contributed by atoms with Crippen molar-refractivity contribution in [3.05, 3.63) is 18.2 Å². The van der Waals surface area contributed by atoms with Crippen molar-refractivity contribution in [1.29, 1.82) is 0 Å². The molecule has 0 bridgehead atoms. The molecule has 1 aromatic heterocycles. The molecule has 5 nitrogen and oxygen atoms in total. The van der Waals surface area contributed by atoms with Gasteiger partial charge in [-0.05, 0) is 44.7 Å². The Morgan fingerprint density at radius 1 is 1.29 bits per heavy atom. The number of carbonyl (C=O) groups is 1. The lowest BCUT2D eigenvalue weighted by Crippen LogP contribution is -2.36. The summed E-state index contributed by atoms with van der Waals surface area (Å²) in [5.41, 5.74) is 5.22. The third-order valence-electron chi connectivity index (χ3n) is 5.05. The molecule has 1 aliphatic heterocycles. The minimum absolute atomic E-state index is 0.201. The van der Waals surface area contributed by atoms with Crippen molar-refractivity contribution in [3.8, 4) is 0 Å². The fourth-order valence-corrected chi connectivity index (χ4v) is 3.47. The number of primary amides is 1. The van der Waals surface area contributed by atoms with Crippen LogP contribution in [0.5, 0.6) is 0 Å². The van der Waals surface area contributed by atoms with Crippen molar-refractivity contribution in [2.24, 2.45) is 11.7 Å². The molecule has 0 aromatic carbocycles. The van der Waals surface area contributed by atoms with Crippen LogP contribution >= 0.6 is 0 Å². The Hall–Kier alpha value is -1.36. The van der Waals surface area contributed by atoms with Crippen LogP contribution in [0.25, 0.3) is 0 Å². The van der Waals surface area contributed by atoms with Gasteiger partial charge in [0.05, 0.1) is 0 Å². The van der Waals surface area contributed by atoms with Gasteiger partial charge in [0.2, 0.25) is 5.91 Å². The predicted octanol–water partition coefficient (Wildman–Crippen LogP) is 1.74. The van der Waals surface area contributed by atoms with Crippen molar-refractivity contribution in [2.45, 2.75) is 51.0 Å². The van der Waals surface area contributed by atoms with Gasteiger partial charge in [-0.15, -0.1) is 0 Å². The number of hydrogen-bond acceptors (Lipinski definition) is 3. The SMILES string of the molecule is NC(=O)CCN1CCC(c2nccn2CC2CCC2)CC1. The lowest BCUT2D eigenvalue weighted by atomic mass is 9.85. The maximum atomic E-state index is 10.9. The number of nitrogens with two attached hydrogens (primary N) is 1. The maximum Gasteiger partial charge on any atom is 0.218 e. The number of carbonyl (C=O) groups excluding carboxylic acids is 1. The van der Waals surface area contributed by atoms with Crippen molar-refractivity contribution in [3.63, 3.8) is 0 Å². The summed E-state index contributed by atoms with van der Waals surface area (Å²) in [5.74, 6) is 2.52. The molecule has 2 fully saturated rings. The predicted molar refractivity (Wildman–Crippen MR) is 81.8 cm³/mol. The van der Waals surface area contributed by atoms with Gasteiger partial charge in [-0.1, -0.05) is 6.42 Å². The molecule has 1 amide bonds. The van der Waals surface area contributed by atoms with Gasteiger partial charge in [0, 0.05) is 37.8 Å². The highest BCUT2D eigenvalue weighted by Crippen LogP contribution is 2.31. The summed E-state index contributed by atoms with van der Waals surface area (Å²) in [5, 5.41) is 0. The van der Waals surface area contributed by atoms with Crippen molar-refractivity contribution < 1.29 is 4.79 Å². The molecule has 0 atom stereocenters. The summed E-state index contributed by atoms with van der Waals surface area (Å²) in [7, 11) is 0. The molecule has 0 radical (unpaired) electrons. The van der Waals surface area contributed by atoms with E-state index in [1.807, 2.05) is 6.20 Å². The topological polar surface area (TPSA) is 64.2 Å². The first-order chi connectivity index (χ1) is 10.2. The molecule has 116 valence electrons. The summed E-state index contributed by atoms with van der Waals surface area (Å²) in [6.07, 6.45) is 11.0. The van der Waals surface area contributed by atoms with E-state index in [0.717, 1.165) is 44.9 Å². The van der Waals surface area contributed by atoms with Crippen LogP contribution < -0.4 is 5.73 Å². The number of rotatable bonds is 6. The zero-order valence-electron chi connectivity index (χ0n) is 12.7. The molecule has 0 unspecified atom stereocenters. The van der Waals surface area contributed by atoms with Crippen molar-refractivity contribution >= 4 is 5.91 Å². The number of likely N-dealkylation sites (tertiary alicyclic amines) is 1. The quantitative estimate of drug-likeness (QED) is 0.868. The zero-order chi connectivity index (χ0) is 14.7. The smallest absolute Gasteiger partial charge is 0.218 e. The molecule has 1 aliphatic carbocycles. The highest BCUT2D eigenvalue weighted by Gasteiger charge is 2.25. The van der Waals surface area contributed by atoms with E-state index in [1.165, 1.54) is 25.1 Å². The molecule has 1 saturated heterocycles. The Bertz CT molecular complexity index is 472. The van der Waals surface area contributed by atoms with E-state index in [1.54, 1.807) is 0 Å². The third kappa shape index (κ3) is 3.64. The van der Waals surface area contributed by atoms with E-state index in [9.17, 15) is 4.79 Å². The Labute approximate surface area is 126 Å². The Balaban J connectivity index is 1.52. The minimum atomic E-state index is -0.201. The molecular weight excluding hydrogens is 264 g/mol. The van der Waals surface area contributed by atoms with E-state index in [2.05, 4.69) is 20.6 Å². The molecular formula is C16H26N4O. The summed E-state index contributed by atoms with van der Waals surface area (Å²) in [4.78, 5) is 17.8. The van der Waals surface area contributed by atoms with E-state index < -0.39 is 0 Å². The van der Waals surface area contributed by atoms with Gasteiger partial charge in [-0.3, -0.25) is 4.79 Å². The second kappa shape index (κ2) is 6.60. The highest BCUT2D eigenvalue weighted by atomic mass is 16.1. The second-order valence-corrected chi connectivity index (χ2v) is 6.57. The lowest BCUT2D eigenvalue weighted by Gasteiger charge is -2.32. The van der Waals surface area contributed by atoms with Crippen LogP contribution in [-0.4, -0.2) is 40.0 Å². The normalized spacial score (nSPS) is 21.3. The molecule has 1 aromatic rings. The number of piperidine rings is 1. The molecule has 5 heteroatoms. The lowest BCUT2D eigenvalue weighted by molar-refractivity contribution is -0.118. The average Bonchev–Trinajstić information content (AvgIpc) is 2.89. The Morgan fingerprint density at radius 3 is 2.67 bits per heavy atom. The van der Waals surface area contributed by atoms with Gasteiger partial charge in [0.15, 0.2) is 0 Å². The van der Waals surface area contributed by atoms with Crippen LogP contribution in [0.15, 0.2) is 12.4 Å². The third-order valence-corrected chi connectivity index (χ3v) is 5.05. The van der Waals surface area contributed by atoms with Crippen LogP contribution in [0.4, 0.5) is 0 Å². The summed E-state index contributed by atoms with van der Waals surface area (Å²) >= 11 is 0. The van der Waals surface area contributed by atoms with Crippen LogP contribution in [0, 0.1) is 5.92 Å². The highest BCUT2D eigenvalue weighted by molar-refractivity contribution is 5.73. The first-order valence-corrected chi connectivity index (χ1v) is 8.24. The standard InChI is InChI=1S/C16H26N4O/c17-15(21)6-10-19-8-4-14(5-9-19)16-18-7-11-20(16)12-13-2-1-3-13/h7,11,13-14H,1-6,8-10,12H2,(H2,17,21). The Morgan fingerprint density at radius 2 is 2.05 bits per heavy atom. The van der Waals surface area contributed by atoms with Gasteiger partial charge in [-0.2, -0.15) is 0 Å². The number of nitrogens with zero attached hydrogens (tertiary/aromatic N) is 3. The summed E-state index contributed by atoms with van der Waals surface area (Å²) in [6.45, 7) is 4.05. The zero-order valence-corrected chi connectivity index (χ0v) is 12.7. The molecule has 2 aliphatic rings. The average molecular weight is 290 g/mol. The molecule has 3 rings (SSSR count). The van der Waals surface area contributed by atoms with Gasteiger partial charge >= 0.3 is 0 Å². The molecule has 2 N–H and O–H groups in total. The van der Waals surface area contributed by atoms with Crippen molar-refractivity contribution in [2.75, 3.05) is 19.6 Å². The van der Waals surface area contributed by atoms with E-state index in [-0.39, 0.29) is 5.91 Å². The fourth-order valence-electron chi connectivity index (χ4n) is 3.47. The minimum Gasteiger partial charge on any atom is -0.370 e. The van der Waals surface area contributed by atoms with Crippen LogP contribution in [0.2, 0.25) is 0 Å². The van der Waals surface area contributed by atoms with Crippen LogP contribution in [0.1, 0.15) is 50.3 Å². The van der Waals surface area contributed by atoms with Gasteiger partial charge in [0.1, 0.15) is 5.82 Å². The van der Waals surface area contributed by atoms with Gasteiger partial charge in [-0.25, -0.2) is 4.98 Å². The number of imidazole rings is 1. The monoisotopic (exact) mass is 290 g/mol. The maximum absolute atomic E-state index is 10.9. The molecule has 1 saturated carbocycles. The number of amides is 1. The first-order valence-electron chi connectivity index (χ1n) is 8.24. The number of aromatic nitrogens is 2.